The monoisotopic (exact) mass is 581 g/mol. The third-order valence-electron chi connectivity index (χ3n) is 10.4. The number of esters is 1. The lowest BCUT2D eigenvalue weighted by Crippen LogP contribution is -2.64. The number of aliphatic hydroxyl groups excluding tert-OH is 2. The number of ketones is 1. The Hall–Kier alpha value is -1.21. The highest BCUT2D eigenvalue weighted by molar-refractivity contribution is 8.23. The van der Waals surface area contributed by atoms with E-state index < -0.39 is 41.0 Å². The molecule has 3 aliphatic carbocycles. The number of carbonyl (C=O) groups excluding carboxylic acids is 2. The Labute approximate surface area is 243 Å². The van der Waals surface area contributed by atoms with Gasteiger partial charge in [0.2, 0.25) is 4.38 Å². The highest BCUT2D eigenvalue weighted by Gasteiger charge is 2.69. The zero-order valence-electron chi connectivity index (χ0n) is 24.6. The highest BCUT2D eigenvalue weighted by Crippen LogP contribution is 2.68. The van der Waals surface area contributed by atoms with E-state index in [9.17, 15) is 25.1 Å². The summed E-state index contributed by atoms with van der Waals surface area (Å²) < 4.78 is 12.3. The number of nitriles is 1. The molecule has 0 aliphatic heterocycles. The second-order valence-corrected chi connectivity index (χ2v) is 15.7. The van der Waals surface area contributed by atoms with E-state index in [1.165, 1.54) is 11.8 Å². The van der Waals surface area contributed by atoms with Crippen molar-refractivity contribution in [3.8, 4) is 6.07 Å². The molecule has 0 amide bonds. The van der Waals surface area contributed by atoms with Crippen molar-refractivity contribution < 1.29 is 29.3 Å². The lowest BCUT2D eigenvalue weighted by molar-refractivity contribution is -0.213. The first kappa shape index (κ1) is 32.3. The van der Waals surface area contributed by atoms with Crippen molar-refractivity contribution in [1.29, 1.82) is 5.26 Å². The number of nitrogens with zero attached hydrogens (tertiary/aromatic N) is 1. The maximum Gasteiger partial charge on any atom is 0.332 e. The van der Waals surface area contributed by atoms with Crippen molar-refractivity contribution in [2.24, 2.45) is 39.4 Å². The first-order valence-corrected chi connectivity index (χ1v) is 15.6. The maximum atomic E-state index is 13.6. The molecule has 3 aliphatic rings. The Balaban J connectivity index is 2.13. The molecule has 7 nitrogen and oxygen atoms in total. The van der Waals surface area contributed by atoms with Gasteiger partial charge >= 0.3 is 5.97 Å². The van der Waals surface area contributed by atoms with E-state index in [1.807, 2.05) is 6.92 Å². The van der Waals surface area contributed by atoms with Crippen molar-refractivity contribution in [3.05, 3.63) is 0 Å². The summed E-state index contributed by atoms with van der Waals surface area (Å²) in [4.78, 5) is 26.2. The third-order valence-corrected chi connectivity index (χ3v) is 12.1. The number of thioether (sulfide) groups is 1. The molecule has 39 heavy (non-hydrogen) atoms. The Bertz CT molecular complexity index is 991. The molecule has 2 N–H and O–H groups in total. The molecule has 3 fully saturated rings. The Morgan fingerprint density at radius 1 is 1.28 bits per heavy atom. The van der Waals surface area contributed by atoms with E-state index in [0.29, 0.717) is 30.3 Å². The van der Waals surface area contributed by atoms with Gasteiger partial charge in [0.15, 0.2) is 0 Å². The Morgan fingerprint density at radius 2 is 1.95 bits per heavy atom. The minimum absolute atomic E-state index is 0.0834. The molecular formula is C30H47NO6S2. The van der Waals surface area contributed by atoms with Crippen molar-refractivity contribution in [2.75, 3.05) is 13.2 Å². The highest BCUT2D eigenvalue weighted by atomic mass is 32.2. The van der Waals surface area contributed by atoms with Crippen LogP contribution in [0.4, 0.5) is 0 Å². The quantitative estimate of drug-likeness (QED) is 0.299. The molecule has 9 heteroatoms. The molecule has 220 valence electrons. The Kier molecular flexibility index (Phi) is 9.90. The lowest BCUT2D eigenvalue weighted by Gasteiger charge is -2.62. The van der Waals surface area contributed by atoms with E-state index in [-0.39, 0.29) is 47.0 Å². The molecule has 0 aromatic carbocycles. The molecule has 0 aromatic heterocycles. The summed E-state index contributed by atoms with van der Waals surface area (Å²) in [6.07, 6.45) is 2.38. The molecular weight excluding hydrogens is 534 g/mol. The average molecular weight is 582 g/mol. The number of hydrogen-bond donors (Lipinski definition) is 2. The van der Waals surface area contributed by atoms with Gasteiger partial charge in [0.25, 0.3) is 0 Å². The number of aliphatic hydroxyl groups is 2. The second-order valence-electron chi connectivity index (χ2n) is 13.9. The van der Waals surface area contributed by atoms with Crippen LogP contribution in [0.1, 0.15) is 93.4 Å². The Morgan fingerprint density at radius 3 is 2.54 bits per heavy atom. The van der Waals surface area contributed by atoms with Crippen LogP contribution in [-0.2, 0) is 19.1 Å². The standard InChI is InChI=1S/C30H47NO6S2/c1-18-10-12-30-13-11-20(33)24(30)29(18,7)21(37-23(34)16-32)15-28(6,25(35)19(30)2)22(9-8-14-31)39-26(38)36-17-27(3,4)5/h18-19,21-22,24-25,32,35H,8-13,15-17H2,1-7H3/t18-,19+,21-,22?,24+,25+,28+,29+,30+/m1/s1. The number of Topliss-reactive ketones (excluding diaryl/α,β-unsaturated/α-hetero) is 1. The molecule has 2 bridgehead atoms. The van der Waals surface area contributed by atoms with Crippen molar-refractivity contribution in [3.63, 3.8) is 0 Å². The van der Waals surface area contributed by atoms with Gasteiger partial charge in [-0.1, -0.05) is 60.2 Å². The average Bonchev–Trinajstić information content (AvgIpc) is 3.23. The van der Waals surface area contributed by atoms with Gasteiger partial charge in [-0.25, -0.2) is 4.79 Å². The van der Waals surface area contributed by atoms with Crippen LogP contribution in [-0.4, -0.2) is 57.0 Å². The number of carbonyl (C=O) groups is 2. The molecule has 0 radical (unpaired) electrons. The minimum Gasteiger partial charge on any atom is -0.478 e. The summed E-state index contributed by atoms with van der Waals surface area (Å²) in [6.45, 7) is 14.2. The fraction of sp³-hybridized carbons (Fsp3) is 0.867. The zero-order valence-corrected chi connectivity index (χ0v) is 26.3. The van der Waals surface area contributed by atoms with E-state index in [1.54, 1.807) is 0 Å². The molecule has 0 spiro atoms. The van der Waals surface area contributed by atoms with Gasteiger partial charge in [-0.05, 0) is 67.0 Å². The van der Waals surface area contributed by atoms with E-state index in [2.05, 4.69) is 47.6 Å². The predicted molar refractivity (Wildman–Crippen MR) is 156 cm³/mol. The molecule has 9 atom stereocenters. The number of thiocarbonyl (C=S) groups is 1. The summed E-state index contributed by atoms with van der Waals surface area (Å²) in [5.74, 6) is -0.965. The van der Waals surface area contributed by atoms with Gasteiger partial charge in [0, 0.05) is 34.8 Å². The predicted octanol–water partition coefficient (Wildman–Crippen LogP) is 5.45. The maximum absolute atomic E-state index is 13.6. The van der Waals surface area contributed by atoms with Crippen LogP contribution in [0.5, 0.6) is 0 Å². The van der Waals surface area contributed by atoms with Gasteiger partial charge in [-0.15, -0.1) is 0 Å². The van der Waals surface area contributed by atoms with Crippen molar-refractivity contribution in [2.45, 2.75) is 111 Å². The van der Waals surface area contributed by atoms with Gasteiger partial charge in [0.1, 0.15) is 18.5 Å². The summed E-state index contributed by atoms with van der Waals surface area (Å²) in [6, 6.07) is 2.24. The van der Waals surface area contributed by atoms with Crippen molar-refractivity contribution in [1.82, 2.24) is 0 Å². The summed E-state index contributed by atoms with van der Waals surface area (Å²) in [7, 11) is 0. The topological polar surface area (TPSA) is 117 Å². The fourth-order valence-electron chi connectivity index (χ4n) is 7.96. The van der Waals surface area contributed by atoms with E-state index in [4.69, 9.17) is 21.7 Å². The zero-order chi connectivity index (χ0) is 29.4. The van der Waals surface area contributed by atoms with Crippen LogP contribution in [0.15, 0.2) is 0 Å². The fourth-order valence-corrected chi connectivity index (χ4v) is 9.47. The summed E-state index contributed by atoms with van der Waals surface area (Å²) in [5, 5.41) is 31.1. The number of ether oxygens (including phenoxy) is 2. The lowest BCUT2D eigenvalue weighted by atomic mass is 9.43. The molecule has 0 saturated heterocycles. The van der Waals surface area contributed by atoms with Gasteiger partial charge < -0.3 is 19.7 Å². The minimum atomic E-state index is -0.833. The third kappa shape index (κ3) is 6.05. The molecule has 1 unspecified atom stereocenters. The number of rotatable bonds is 7. The molecule has 0 aromatic rings. The molecule has 0 heterocycles. The normalized spacial score (nSPS) is 39.1. The smallest absolute Gasteiger partial charge is 0.332 e. The van der Waals surface area contributed by atoms with E-state index >= 15 is 0 Å². The van der Waals surface area contributed by atoms with Crippen LogP contribution in [0.25, 0.3) is 0 Å². The second kappa shape index (κ2) is 12.0. The van der Waals surface area contributed by atoms with Crippen LogP contribution in [0.2, 0.25) is 0 Å². The molecule has 3 saturated carbocycles. The summed E-state index contributed by atoms with van der Waals surface area (Å²) >= 11 is 7.01. The van der Waals surface area contributed by atoms with Crippen molar-refractivity contribution >= 4 is 40.1 Å². The van der Waals surface area contributed by atoms with Crippen LogP contribution in [0.3, 0.4) is 0 Å². The first-order valence-electron chi connectivity index (χ1n) is 14.3. The van der Waals surface area contributed by atoms with Gasteiger partial charge in [0.05, 0.1) is 18.8 Å². The number of hydrogen-bond acceptors (Lipinski definition) is 9. The molecule has 3 rings (SSSR count). The van der Waals surface area contributed by atoms with Gasteiger partial charge in [-0.2, -0.15) is 5.26 Å². The van der Waals surface area contributed by atoms with E-state index in [0.717, 1.165) is 12.8 Å². The first-order chi connectivity index (χ1) is 18.1. The van der Waals surface area contributed by atoms with Gasteiger partial charge in [-0.3, -0.25) is 4.79 Å². The largest absolute Gasteiger partial charge is 0.478 e. The van der Waals surface area contributed by atoms with Crippen LogP contribution < -0.4 is 0 Å². The van der Waals surface area contributed by atoms with Crippen LogP contribution >= 0.6 is 24.0 Å². The summed E-state index contributed by atoms with van der Waals surface area (Å²) in [5.41, 5.74) is -1.96. The SMILES string of the molecule is C[C@@H]1CC[C@@]23CCC(=O)[C@H]2[C@]1(C)[C@H](OC(=O)CO)C[C@@](C)(C(CCC#N)SC(=S)OCC(C)(C)C)[C@@H](O)[C@@H]3C. The van der Waals surface area contributed by atoms with Crippen LogP contribution in [0, 0.1) is 50.7 Å².